The minimum Gasteiger partial charge on any atom is -0.481 e. The summed E-state index contributed by atoms with van der Waals surface area (Å²) in [6, 6.07) is 0. The number of nitrogens with zero attached hydrogens (tertiary/aromatic N) is 3. The van der Waals surface area contributed by atoms with Crippen molar-refractivity contribution in [2.75, 3.05) is 13.1 Å². The number of nitrogens with one attached hydrogen (secondary N) is 1. The molecule has 1 atom stereocenters. The summed E-state index contributed by atoms with van der Waals surface area (Å²) in [5, 5.41) is 15.7. The topological polar surface area (TPSA) is 99.2 Å². The van der Waals surface area contributed by atoms with Crippen molar-refractivity contribution in [1.82, 2.24) is 20.1 Å². The van der Waals surface area contributed by atoms with Gasteiger partial charge in [-0.1, -0.05) is 0 Å². The molecule has 1 unspecified atom stereocenters. The van der Waals surface area contributed by atoms with Crippen LogP contribution in [0.2, 0.25) is 0 Å². The summed E-state index contributed by atoms with van der Waals surface area (Å²) < 4.78 is 0. The zero-order valence-electron chi connectivity index (χ0n) is 11.2. The van der Waals surface area contributed by atoms with Gasteiger partial charge in [0.25, 0.3) is 5.91 Å². The number of carbonyl (C=O) groups excluding carboxylic acids is 1. The summed E-state index contributed by atoms with van der Waals surface area (Å²) in [7, 11) is 0. The van der Waals surface area contributed by atoms with Gasteiger partial charge in [-0.3, -0.25) is 14.7 Å². The molecule has 7 nitrogen and oxygen atoms in total. The van der Waals surface area contributed by atoms with Gasteiger partial charge in [-0.05, 0) is 31.6 Å². The Hall–Kier alpha value is -1.92. The SMILES string of the molecule is O=C(O)CC1CCCN(C(=O)c2n[nH]c(C3CC3)n2)C1. The molecule has 0 bridgehead atoms. The van der Waals surface area contributed by atoms with Crippen LogP contribution in [0.15, 0.2) is 0 Å². The van der Waals surface area contributed by atoms with Crippen molar-refractivity contribution in [1.29, 1.82) is 0 Å². The number of carbonyl (C=O) groups is 2. The number of aromatic nitrogens is 3. The van der Waals surface area contributed by atoms with Gasteiger partial charge in [0.05, 0.1) is 0 Å². The van der Waals surface area contributed by atoms with E-state index < -0.39 is 5.97 Å². The Labute approximate surface area is 116 Å². The van der Waals surface area contributed by atoms with Gasteiger partial charge in [-0.15, -0.1) is 5.10 Å². The number of rotatable bonds is 4. The van der Waals surface area contributed by atoms with Crippen LogP contribution in [-0.2, 0) is 4.79 Å². The number of likely N-dealkylation sites (tertiary alicyclic amines) is 1. The smallest absolute Gasteiger partial charge is 0.303 e. The van der Waals surface area contributed by atoms with Crippen LogP contribution in [0.25, 0.3) is 0 Å². The summed E-state index contributed by atoms with van der Waals surface area (Å²) in [6.07, 6.45) is 4.02. The fraction of sp³-hybridized carbons (Fsp3) is 0.692. The van der Waals surface area contributed by atoms with E-state index in [9.17, 15) is 9.59 Å². The molecule has 1 aliphatic carbocycles. The predicted molar refractivity (Wildman–Crippen MR) is 69.2 cm³/mol. The van der Waals surface area contributed by atoms with Crippen LogP contribution >= 0.6 is 0 Å². The lowest BCUT2D eigenvalue weighted by Gasteiger charge is -2.31. The molecule has 0 radical (unpaired) electrons. The number of aliphatic carboxylic acids is 1. The van der Waals surface area contributed by atoms with Gasteiger partial charge < -0.3 is 10.0 Å². The number of aromatic amines is 1. The lowest BCUT2D eigenvalue weighted by Crippen LogP contribution is -2.41. The van der Waals surface area contributed by atoms with Crippen LogP contribution in [0.5, 0.6) is 0 Å². The Morgan fingerprint density at radius 2 is 2.15 bits per heavy atom. The highest BCUT2D eigenvalue weighted by atomic mass is 16.4. The Morgan fingerprint density at radius 1 is 1.35 bits per heavy atom. The van der Waals surface area contributed by atoms with Crippen molar-refractivity contribution >= 4 is 11.9 Å². The number of hydrogen-bond acceptors (Lipinski definition) is 4. The van der Waals surface area contributed by atoms with E-state index in [1.807, 2.05) is 0 Å². The van der Waals surface area contributed by atoms with Gasteiger partial charge in [0.2, 0.25) is 5.82 Å². The van der Waals surface area contributed by atoms with E-state index in [-0.39, 0.29) is 24.1 Å². The van der Waals surface area contributed by atoms with Crippen molar-refractivity contribution in [3.63, 3.8) is 0 Å². The first-order valence-corrected chi connectivity index (χ1v) is 7.07. The molecule has 3 rings (SSSR count). The third-order valence-corrected chi connectivity index (χ3v) is 3.93. The third kappa shape index (κ3) is 2.81. The molecule has 2 fully saturated rings. The zero-order valence-corrected chi connectivity index (χ0v) is 11.2. The molecule has 108 valence electrons. The summed E-state index contributed by atoms with van der Waals surface area (Å²) in [5.41, 5.74) is 0. The molecule has 1 aromatic rings. The first kappa shape index (κ1) is 13.1. The van der Waals surface area contributed by atoms with Crippen LogP contribution < -0.4 is 0 Å². The van der Waals surface area contributed by atoms with E-state index in [1.165, 1.54) is 0 Å². The second-order valence-electron chi connectivity index (χ2n) is 5.68. The first-order valence-electron chi connectivity index (χ1n) is 7.07. The molecule has 0 aromatic carbocycles. The molecule has 7 heteroatoms. The van der Waals surface area contributed by atoms with Crippen LogP contribution in [0.4, 0.5) is 0 Å². The maximum absolute atomic E-state index is 12.3. The standard InChI is InChI=1S/C13H18N4O3/c18-10(19)6-8-2-1-5-17(7-8)13(20)12-14-11(15-16-12)9-3-4-9/h8-9H,1-7H2,(H,18,19)(H,14,15,16). The van der Waals surface area contributed by atoms with Crippen LogP contribution in [0, 0.1) is 5.92 Å². The van der Waals surface area contributed by atoms with E-state index >= 15 is 0 Å². The molecule has 0 spiro atoms. The predicted octanol–water partition coefficient (Wildman–Crippen LogP) is 1.01. The summed E-state index contributed by atoms with van der Waals surface area (Å²) >= 11 is 0. The first-order chi connectivity index (χ1) is 9.63. The molecular weight excluding hydrogens is 260 g/mol. The van der Waals surface area contributed by atoms with Crippen LogP contribution in [0.3, 0.4) is 0 Å². The van der Waals surface area contributed by atoms with E-state index in [0.29, 0.717) is 19.0 Å². The number of H-pyrrole nitrogens is 1. The maximum Gasteiger partial charge on any atom is 0.303 e. The van der Waals surface area contributed by atoms with E-state index in [0.717, 1.165) is 31.5 Å². The van der Waals surface area contributed by atoms with E-state index in [1.54, 1.807) is 4.90 Å². The number of piperidine rings is 1. The zero-order chi connectivity index (χ0) is 14.1. The maximum atomic E-state index is 12.3. The quantitative estimate of drug-likeness (QED) is 0.856. The number of amides is 1. The Kier molecular flexibility index (Phi) is 3.42. The molecule has 2 aliphatic rings. The molecule has 2 N–H and O–H groups in total. The van der Waals surface area contributed by atoms with Gasteiger partial charge in [0.15, 0.2) is 0 Å². The van der Waals surface area contributed by atoms with E-state index in [4.69, 9.17) is 5.11 Å². The fourth-order valence-corrected chi connectivity index (χ4v) is 2.71. The van der Waals surface area contributed by atoms with Crippen molar-refractivity contribution in [2.45, 2.75) is 38.0 Å². The second-order valence-corrected chi connectivity index (χ2v) is 5.68. The minimum atomic E-state index is -0.807. The summed E-state index contributed by atoms with van der Waals surface area (Å²) in [4.78, 5) is 29.0. The highest BCUT2D eigenvalue weighted by Crippen LogP contribution is 2.37. The lowest BCUT2D eigenvalue weighted by molar-refractivity contribution is -0.138. The van der Waals surface area contributed by atoms with Crippen molar-refractivity contribution in [3.8, 4) is 0 Å². The van der Waals surface area contributed by atoms with Gasteiger partial charge in [0, 0.05) is 25.4 Å². The van der Waals surface area contributed by atoms with Gasteiger partial charge >= 0.3 is 5.97 Å². The normalized spacial score (nSPS) is 22.8. The Balaban J connectivity index is 1.64. The average Bonchev–Trinajstić information content (AvgIpc) is 3.15. The van der Waals surface area contributed by atoms with Gasteiger partial charge in [0.1, 0.15) is 5.82 Å². The number of hydrogen-bond donors (Lipinski definition) is 2. The summed E-state index contributed by atoms with van der Waals surface area (Å²) in [5.74, 6) is 0.481. The van der Waals surface area contributed by atoms with Gasteiger partial charge in [-0.2, -0.15) is 0 Å². The Bertz CT molecular complexity index is 523. The van der Waals surface area contributed by atoms with Crippen molar-refractivity contribution in [3.05, 3.63) is 11.6 Å². The van der Waals surface area contributed by atoms with Crippen molar-refractivity contribution < 1.29 is 14.7 Å². The third-order valence-electron chi connectivity index (χ3n) is 3.93. The molecule has 1 saturated carbocycles. The lowest BCUT2D eigenvalue weighted by atomic mass is 9.95. The molecule has 1 saturated heterocycles. The monoisotopic (exact) mass is 278 g/mol. The highest BCUT2D eigenvalue weighted by Gasteiger charge is 2.31. The molecule has 1 aliphatic heterocycles. The van der Waals surface area contributed by atoms with E-state index in [2.05, 4.69) is 15.2 Å². The molecular formula is C13H18N4O3. The second kappa shape index (κ2) is 5.22. The average molecular weight is 278 g/mol. The molecule has 20 heavy (non-hydrogen) atoms. The highest BCUT2D eigenvalue weighted by molar-refractivity contribution is 5.90. The van der Waals surface area contributed by atoms with Crippen molar-refractivity contribution in [2.24, 2.45) is 5.92 Å². The Morgan fingerprint density at radius 3 is 2.85 bits per heavy atom. The molecule has 2 heterocycles. The summed E-state index contributed by atoms with van der Waals surface area (Å²) in [6.45, 7) is 1.14. The van der Waals surface area contributed by atoms with Gasteiger partial charge in [-0.25, -0.2) is 4.98 Å². The molecule has 1 amide bonds. The van der Waals surface area contributed by atoms with Crippen LogP contribution in [0.1, 0.15) is 54.5 Å². The largest absolute Gasteiger partial charge is 0.481 e. The van der Waals surface area contributed by atoms with Crippen LogP contribution in [-0.4, -0.2) is 50.2 Å². The number of carboxylic acids is 1. The molecule has 1 aromatic heterocycles. The number of carboxylic acid groups (broad SMARTS) is 1. The minimum absolute atomic E-state index is 0.0343. The fourth-order valence-electron chi connectivity index (χ4n) is 2.71.